The molecule has 4 aliphatic rings. The largest absolute Gasteiger partial charge is 0.461 e. The van der Waals surface area contributed by atoms with Crippen LogP contribution < -0.4 is 0 Å². The molecule has 6 atom stereocenters. The summed E-state index contributed by atoms with van der Waals surface area (Å²) in [4.78, 5) is 44.0. The third-order valence-electron chi connectivity index (χ3n) is 7.36. The highest BCUT2D eigenvalue weighted by molar-refractivity contribution is 5.99. The van der Waals surface area contributed by atoms with E-state index in [0.29, 0.717) is 19.4 Å². The van der Waals surface area contributed by atoms with Gasteiger partial charge in [0, 0.05) is 12.6 Å². The van der Waals surface area contributed by atoms with Crippen molar-refractivity contribution in [1.29, 1.82) is 0 Å². The molecule has 4 aliphatic heterocycles. The molecule has 1 spiro atoms. The average molecular weight is 433 g/mol. The second kappa shape index (κ2) is 7.74. The molecular formula is C23H32N2O6. The van der Waals surface area contributed by atoms with Gasteiger partial charge in [0.15, 0.2) is 0 Å². The number of aliphatic hydroxyl groups excluding tert-OH is 1. The molecular weight excluding hydrogens is 400 g/mol. The Hall–Kier alpha value is -2.19. The number of amides is 2. The number of carbonyl (C=O) groups excluding carboxylic acids is 3. The maximum Gasteiger partial charge on any atom is 0.313 e. The van der Waals surface area contributed by atoms with E-state index in [1.807, 2.05) is 45.9 Å². The minimum absolute atomic E-state index is 0.0746. The first-order chi connectivity index (χ1) is 14.8. The summed E-state index contributed by atoms with van der Waals surface area (Å²) in [6.07, 6.45) is 8.21. The molecule has 0 aromatic heterocycles. The first-order valence-corrected chi connectivity index (χ1v) is 11.2. The van der Waals surface area contributed by atoms with Crippen molar-refractivity contribution >= 4 is 17.8 Å². The van der Waals surface area contributed by atoms with Crippen molar-refractivity contribution in [3.63, 3.8) is 0 Å². The van der Waals surface area contributed by atoms with E-state index >= 15 is 0 Å². The summed E-state index contributed by atoms with van der Waals surface area (Å²) in [7, 11) is 0. The van der Waals surface area contributed by atoms with Crippen LogP contribution in [-0.2, 0) is 23.9 Å². The summed E-state index contributed by atoms with van der Waals surface area (Å²) in [5, 5.41) is 10.0. The number of ether oxygens (including phenoxy) is 2. The van der Waals surface area contributed by atoms with Crippen LogP contribution >= 0.6 is 0 Å². The highest BCUT2D eigenvalue weighted by Crippen LogP contribution is 2.58. The topological polar surface area (TPSA) is 96.4 Å². The Balaban J connectivity index is 1.94. The molecule has 8 nitrogen and oxygen atoms in total. The molecule has 2 saturated heterocycles. The molecule has 0 aromatic carbocycles. The number of fused-ring (bicyclic) bond motifs is 2. The lowest BCUT2D eigenvalue weighted by Gasteiger charge is -2.41. The van der Waals surface area contributed by atoms with Crippen LogP contribution in [0.15, 0.2) is 24.3 Å². The molecule has 0 radical (unpaired) electrons. The Bertz CT molecular complexity index is 834. The zero-order valence-electron chi connectivity index (χ0n) is 18.6. The molecule has 4 rings (SSSR count). The van der Waals surface area contributed by atoms with Gasteiger partial charge in [0.2, 0.25) is 11.8 Å². The summed E-state index contributed by atoms with van der Waals surface area (Å²) in [6, 6.07) is -1.56. The molecule has 0 aromatic rings. The van der Waals surface area contributed by atoms with Crippen LogP contribution in [-0.4, -0.2) is 81.8 Å². The van der Waals surface area contributed by atoms with Gasteiger partial charge < -0.3 is 24.4 Å². The predicted molar refractivity (Wildman–Crippen MR) is 112 cm³/mol. The quantitative estimate of drug-likeness (QED) is 0.515. The van der Waals surface area contributed by atoms with Crippen molar-refractivity contribution in [2.24, 2.45) is 11.8 Å². The monoisotopic (exact) mass is 432 g/mol. The zero-order valence-corrected chi connectivity index (χ0v) is 18.6. The number of hydrogen-bond donors (Lipinski definition) is 1. The molecule has 8 heteroatoms. The number of hydrogen-bond acceptors (Lipinski definition) is 6. The van der Waals surface area contributed by atoms with Gasteiger partial charge in [-0.15, -0.1) is 0 Å². The van der Waals surface area contributed by atoms with E-state index in [4.69, 9.17) is 9.47 Å². The van der Waals surface area contributed by atoms with Gasteiger partial charge in [0.1, 0.15) is 29.8 Å². The second-order valence-electron chi connectivity index (χ2n) is 9.13. The molecule has 170 valence electrons. The van der Waals surface area contributed by atoms with E-state index in [9.17, 15) is 19.5 Å². The minimum atomic E-state index is -1.29. The number of nitrogens with zero attached hydrogens (tertiary/aromatic N) is 2. The van der Waals surface area contributed by atoms with Crippen molar-refractivity contribution in [3.05, 3.63) is 24.3 Å². The lowest BCUT2D eigenvalue weighted by molar-refractivity contribution is -0.161. The van der Waals surface area contributed by atoms with Crippen LogP contribution in [0.4, 0.5) is 0 Å². The van der Waals surface area contributed by atoms with Crippen LogP contribution in [0.1, 0.15) is 40.5 Å². The molecule has 31 heavy (non-hydrogen) atoms. The van der Waals surface area contributed by atoms with Gasteiger partial charge in [-0.05, 0) is 32.8 Å². The van der Waals surface area contributed by atoms with E-state index < -0.39 is 41.1 Å². The Morgan fingerprint density at radius 3 is 2.48 bits per heavy atom. The van der Waals surface area contributed by atoms with Crippen LogP contribution in [0, 0.1) is 11.8 Å². The SMILES string of the molecule is CC[C@@H](CO)N1C(=O)[C@@H]2[C@H]3C(=O)OCC=C[C@@]3(CC)O[C@@]23C=CCN(C(C)C)C(=O)C13. The number of cyclic esters (lactones) is 1. The number of carbonyl (C=O) groups is 3. The Kier molecular flexibility index (Phi) is 5.50. The van der Waals surface area contributed by atoms with Gasteiger partial charge in [-0.3, -0.25) is 14.4 Å². The Morgan fingerprint density at radius 1 is 1.13 bits per heavy atom. The lowest BCUT2D eigenvalue weighted by Crippen LogP contribution is -2.59. The van der Waals surface area contributed by atoms with Gasteiger partial charge >= 0.3 is 5.97 Å². The third kappa shape index (κ3) is 2.91. The van der Waals surface area contributed by atoms with Crippen LogP contribution in [0.25, 0.3) is 0 Å². The Labute approximate surface area is 182 Å². The second-order valence-corrected chi connectivity index (χ2v) is 9.13. The lowest BCUT2D eigenvalue weighted by atomic mass is 9.73. The normalized spacial score (nSPS) is 38.0. The van der Waals surface area contributed by atoms with E-state index in [2.05, 4.69) is 0 Å². The summed E-state index contributed by atoms with van der Waals surface area (Å²) in [5.74, 6) is -2.77. The molecule has 0 bridgehead atoms. The highest BCUT2D eigenvalue weighted by Gasteiger charge is 2.76. The zero-order chi connectivity index (χ0) is 22.6. The van der Waals surface area contributed by atoms with E-state index in [1.54, 1.807) is 11.0 Å². The maximum absolute atomic E-state index is 13.9. The van der Waals surface area contributed by atoms with Gasteiger partial charge in [-0.2, -0.15) is 0 Å². The smallest absolute Gasteiger partial charge is 0.313 e. The van der Waals surface area contributed by atoms with Crippen molar-refractivity contribution in [1.82, 2.24) is 9.80 Å². The van der Waals surface area contributed by atoms with Crippen molar-refractivity contribution in [2.45, 2.75) is 69.9 Å². The molecule has 0 saturated carbocycles. The van der Waals surface area contributed by atoms with E-state index in [0.717, 1.165) is 0 Å². The number of aliphatic hydroxyl groups is 1. The first-order valence-electron chi connectivity index (χ1n) is 11.2. The number of rotatable bonds is 5. The molecule has 1 N–H and O–H groups in total. The fourth-order valence-corrected chi connectivity index (χ4v) is 5.82. The third-order valence-corrected chi connectivity index (χ3v) is 7.36. The van der Waals surface area contributed by atoms with Crippen molar-refractivity contribution in [3.8, 4) is 0 Å². The summed E-state index contributed by atoms with van der Waals surface area (Å²) in [6.45, 7) is 7.90. The average Bonchev–Trinajstić information content (AvgIpc) is 3.01. The van der Waals surface area contributed by atoms with Crippen LogP contribution in [0.3, 0.4) is 0 Å². The predicted octanol–water partition coefficient (Wildman–Crippen LogP) is 1.04. The number of esters is 1. The fourth-order valence-electron chi connectivity index (χ4n) is 5.82. The summed E-state index contributed by atoms with van der Waals surface area (Å²) in [5.41, 5.74) is -2.31. The van der Waals surface area contributed by atoms with Gasteiger partial charge in [-0.25, -0.2) is 0 Å². The summed E-state index contributed by atoms with van der Waals surface area (Å²) < 4.78 is 12.1. The fraction of sp³-hybridized carbons (Fsp3) is 0.696. The standard InChI is InChI=1S/C23H32N2O6/c1-5-15(13-26)25-18-20(28)24(14(3)4)11-7-10-23(18)16(19(25)27)17-21(29)30-12-8-9-22(17,6-2)31-23/h7-10,14-18,26H,5-6,11-13H2,1-4H3/t15-,16-,17-,18?,22+,23-/m0/s1. The maximum atomic E-state index is 13.9. The van der Waals surface area contributed by atoms with Crippen molar-refractivity contribution < 1.29 is 29.0 Å². The van der Waals surface area contributed by atoms with Crippen LogP contribution in [0.5, 0.6) is 0 Å². The highest BCUT2D eigenvalue weighted by atomic mass is 16.6. The molecule has 2 amide bonds. The Morgan fingerprint density at radius 2 is 1.87 bits per heavy atom. The first kappa shape index (κ1) is 22.0. The summed E-state index contributed by atoms with van der Waals surface area (Å²) >= 11 is 0. The molecule has 1 unspecified atom stereocenters. The van der Waals surface area contributed by atoms with E-state index in [1.165, 1.54) is 4.90 Å². The molecule has 4 heterocycles. The van der Waals surface area contributed by atoms with E-state index in [-0.39, 0.29) is 31.1 Å². The molecule has 2 fully saturated rings. The van der Waals surface area contributed by atoms with Crippen LogP contribution in [0.2, 0.25) is 0 Å². The molecule has 0 aliphatic carbocycles. The van der Waals surface area contributed by atoms with Crippen molar-refractivity contribution in [2.75, 3.05) is 19.8 Å². The number of likely N-dealkylation sites (tertiary alicyclic amines) is 1. The minimum Gasteiger partial charge on any atom is -0.461 e. The van der Waals surface area contributed by atoms with Gasteiger partial charge in [0.25, 0.3) is 0 Å². The van der Waals surface area contributed by atoms with Gasteiger partial charge in [0.05, 0.1) is 18.6 Å². The van der Waals surface area contributed by atoms with Gasteiger partial charge in [-0.1, -0.05) is 32.1 Å².